The van der Waals surface area contributed by atoms with Crippen molar-refractivity contribution in [1.82, 2.24) is 0 Å². The Morgan fingerprint density at radius 2 is 2.09 bits per heavy atom. The van der Waals surface area contributed by atoms with E-state index in [-0.39, 0.29) is 5.92 Å². The number of anilines is 1. The minimum absolute atomic E-state index is 0.309. The van der Waals surface area contributed by atoms with E-state index in [1.54, 1.807) is 0 Å². The SMILES string of the molecule is C=C1c2c(N)cccc2C2(N=O)Oc3cc(C(C)C)ccc3C12. The number of hydrogen-bond donors (Lipinski definition) is 1. The summed E-state index contributed by atoms with van der Waals surface area (Å²) in [7, 11) is 0. The zero-order chi connectivity index (χ0) is 16.4. The first-order valence-corrected chi connectivity index (χ1v) is 7.75. The van der Waals surface area contributed by atoms with Crippen LogP contribution < -0.4 is 10.5 Å². The monoisotopic (exact) mass is 306 g/mol. The number of nitroso groups, excluding NO2 is 1. The predicted molar refractivity (Wildman–Crippen MR) is 91.3 cm³/mol. The van der Waals surface area contributed by atoms with Gasteiger partial charge in [0.1, 0.15) is 5.75 Å². The molecular weight excluding hydrogens is 288 g/mol. The highest BCUT2D eigenvalue weighted by atomic mass is 16.5. The lowest BCUT2D eigenvalue weighted by molar-refractivity contribution is 0.0969. The first-order chi connectivity index (χ1) is 11.0. The molecule has 0 saturated heterocycles. The molecule has 0 aromatic heterocycles. The molecular formula is C19H18N2O2. The van der Waals surface area contributed by atoms with Gasteiger partial charge in [-0.1, -0.05) is 44.7 Å². The third-order valence-electron chi connectivity index (χ3n) is 4.96. The Bertz CT molecular complexity index is 856. The standard InChI is InChI=1S/C19H18N2O2/c1-10(2)12-7-8-13-16(9-12)23-19(21-22)14-5-4-6-15(20)17(14)11(3)18(13)19/h4-10,18H,3,20H2,1-2H3. The molecule has 2 atom stereocenters. The van der Waals surface area contributed by atoms with E-state index < -0.39 is 5.72 Å². The Morgan fingerprint density at radius 1 is 1.30 bits per heavy atom. The average Bonchev–Trinajstić information content (AvgIpc) is 2.99. The average molecular weight is 306 g/mol. The summed E-state index contributed by atoms with van der Waals surface area (Å²) in [6.45, 7) is 8.44. The van der Waals surface area contributed by atoms with Crippen LogP contribution in [0.25, 0.3) is 5.57 Å². The minimum Gasteiger partial charge on any atom is -0.457 e. The van der Waals surface area contributed by atoms with Gasteiger partial charge in [0.25, 0.3) is 5.72 Å². The second-order valence-electron chi connectivity index (χ2n) is 6.57. The first-order valence-electron chi connectivity index (χ1n) is 7.75. The van der Waals surface area contributed by atoms with E-state index in [1.807, 2.05) is 30.3 Å². The van der Waals surface area contributed by atoms with E-state index in [4.69, 9.17) is 10.5 Å². The maximum absolute atomic E-state index is 11.9. The summed E-state index contributed by atoms with van der Waals surface area (Å²) in [6, 6.07) is 11.6. The second kappa shape index (κ2) is 4.44. The third kappa shape index (κ3) is 1.61. The molecule has 2 N–H and O–H groups in total. The number of rotatable bonds is 2. The van der Waals surface area contributed by atoms with Crippen LogP contribution in [0.15, 0.2) is 48.2 Å². The van der Waals surface area contributed by atoms with Gasteiger partial charge in [0.15, 0.2) is 0 Å². The molecule has 2 aliphatic rings. The molecule has 1 aliphatic heterocycles. The fourth-order valence-electron chi connectivity index (χ4n) is 3.80. The zero-order valence-corrected chi connectivity index (χ0v) is 13.2. The Hall–Kier alpha value is -2.62. The number of nitrogens with zero attached hydrogens (tertiary/aromatic N) is 1. The van der Waals surface area contributed by atoms with E-state index in [9.17, 15) is 4.91 Å². The maximum Gasteiger partial charge on any atom is 0.276 e. The predicted octanol–water partition coefficient (Wildman–Crippen LogP) is 4.51. The van der Waals surface area contributed by atoms with Crippen molar-refractivity contribution in [3.8, 4) is 5.75 Å². The lowest BCUT2D eigenvalue weighted by atomic mass is 9.88. The van der Waals surface area contributed by atoms with Crippen LogP contribution in [0, 0.1) is 4.91 Å². The molecule has 2 unspecified atom stereocenters. The summed E-state index contributed by atoms with van der Waals surface area (Å²) in [5.41, 5.74) is 9.87. The molecule has 2 aromatic rings. The van der Waals surface area contributed by atoms with Crippen LogP contribution in [0.1, 0.15) is 47.9 Å². The van der Waals surface area contributed by atoms with Gasteiger partial charge in [-0.3, -0.25) is 0 Å². The van der Waals surface area contributed by atoms with Gasteiger partial charge in [0.2, 0.25) is 0 Å². The lowest BCUT2D eigenvalue weighted by Gasteiger charge is -2.21. The summed E-state index contributed by atoms with van der Waals surface area (Å²) in [6.07, 6.45) is 0. The molecule has 116 valence electrons. The fourth-order valence-corrected chi connectivity index (χ4v) is 3.80. The van der Waals surface area contributed by atoms with Crippen LogP contribution >= 0.6 is 0 Å². The van der Waals surface area contributed by atoms with Crippen molar-refractivity contribution in [1.29, 1.82) is 0 Å². The smallest absolute Gasteiger partial charge is 0.276 e. The number of ether oxygens (including phenoxy) is 1. The summed E-state index contributed by atoms with van der Waals surface area (Å²) in [5, 5.41) is 3.41. The molecule has 0 amide bonds. The Kier molecular flexibility index (Phi) is 2.71. The molecule has 0 bridgehead atoms. The first kappa shape index (κ1) is 14.0. The Morgan fingerprint density at radius 3 is 2.78 bits per heavy atom. The largest absolute Gasteiger partial charge is 0.457 e. The number of benzene rings is 2. The normalized spacial score (nSPS) is 24.1. The molecule has 0 fully saturated rings. The molecule has 23 heavy (non-hydrogen) atoms. The highest BCUT2D eigenvalue weighted by molar-refractivity contribution is 5.88. The second-order valence-corrected chi connectivity index (χ2v) is 6.57. The van der Waals surface area contributed by atoms with Crippen molar-refractivity contribution in [2.24, 2.45) is 5.18 Å². The van der Waals surface area contributed by atoms with E-state index in [0.717, 1.165) is 22.4 Å². The quantitative estimate of drug-likeness (QED) is 0.655. The van der Waals surface area contributed by atoms with Crippen molar-refractivity contribution in [3.63, 3.8) is 0 Å². The highest BCUT2D eigenvalue weighted by Crippen LogP contribution is 2.63. The topological polar surface area (TPSA) is 64.7 Å². The number of fused-ring (bicyclic) bond motifs is 5. The van der Waals surface area contributed by atoms with E-state index in [2.05, 4.69) is 31.7 Å². The van der Waals surface area contributed by atoms with Crippen LogP contribution in [-0.4, -0.2) is 0 Å². The van der Waals surface area contributed by atoms with Gasteiger partial charge >= 0.3 is 0 Å². The molecule has 0 radical (unpaired) electrons. The van der Waals surface area contributed by atoms with Crippen molar-refractivity contribution >= 4 is 11.3 Å². The fraction of sp³-hybridized carbons (Fsp3) is 0.263. The lowest BCUT2D eigenvalue weighted by Crippen LogP contribution is -2.28. The Labute approximate surface area is 134 Å². The molecule has 2 aromatic carbocycles. The van der Waals surface area contributed by atoms with E-state index in [1.165, 1.54) is 5.56 Å². The molecule has 1 heterocycles. The van der Waals surface area contributed by atoms with Gasteiger partial charge < -0.3 is 10.5 Å². The van der Waals surface area contributed by atoms with Crippen molar-refractivity contribution in [2.45, 2.75) is 31.4 Å². The van der Waals surface area contributed by atoms with Crippen molar-refractivity contribution in [3.05, 3.63) is 70.1 Å². The van der Waals surface area contributed by atoms with E-state index in [0.29, 0.717) is 17.2 Å². The summed E-state index contributed by atoms with van der Waals surface area (Å²) >= 11 is 0. The maximum atomic E-state index is 11.9. The van der Waals surface area contributed by atoms with Gasteiger partial charge in [0.05, 0.1) is 5.92 Å². The zero-order valence-electron chi connectivity index (χ0n) is 13.2. The van der Waals surface area contributed by atoms with Crippen LogP contribution in [-0.2, 0) is 5.72 Å². The molecule has 0 saturated carbocycles. The molecule has 0 spiro atoms. The molecule has 1 aliphatic carbocycles. The van der Waals surface area contributed by atoms with Gasteiger partial charge in [-0.2, -0.15) is 0 Å². The number of nitrogens with two attached hydrogens (primary N) is 1. The van der Waals surface area contributed by atoms with Crippen molar-refractivity contribution < 1.29 is 4.74 Å². The van der Waals surface area contributed by atoms with Crippen LogP contribution in [0.3, 0.4) is 0 Å². The van der Waals surface area contributed by atoms with Gasteiger partial charge in [-0.25, -0.2) is 0 Å². The summed E-state index contributed by atoms with van der Waals surface area (Å²) in [4.78, 5) is 11.9. The van der Waals surface area contributed by atoms with Crippen LogP contribution in [0.2, 0.25) is 0 Å². The van der Waals surface area contributed by atoms with Gasteiger partial charge in [-0.05, 0) is 34.4 Å². The third-order valence-corrected chi connectivity index (χ3v) is 4.96. The van der Waals surface area contributed by atoms with Gasteiger partial charge in [-0.15, -0.1) is 4.91 Å². The Balaban J connectivity index is 1.95. The van der Waals surface area contributed by atoms with E-state index >= 15 is 0 Å². The van der Waals surface area contributed by atoms with Crippen LogP contribution in [0.5, 0.6) is 5.75 Å². The minimum atomic E-state index is -1.28. The van der Waals surface area contributed by atoms with Crippen molar-refractivity contribution in [2.75, 3.05) is 5.73 Å². The highest BCUT2D eigenvalue weighted by Gasteiger charge is 2.59. The molecule has 4 heteroatoms. The van der Waals surface area contributed by atoms with Gasteiger partial charge in [0, 0.05) is 22.4 Å². The number of nitrogen functional groups attached to an aromatic ring is 1. The molecule has 4 nitrogen and oxygen atoms in total. The summed E-state index contributed by atoms with van der Waals surface area (Å²) < 4.78 is 6.11. The number of hydrogen-bond acceptors (Lipinski definition) is 4. The summed E-state index contributed by atoms with van der Waals surface area (Å²) in [5.74, 6) is 0.793. The van der Waals surface area contributed by atoms with Crippen LogP contribution in [0.4, 0.5) is 5.69 Å². The molecule has 4 rings (SSSR count).